The molecule has 1 heterocycles. The van der Waals surface area contributed by atoms with Gasteiger partial charge in [-0.3, -0.25) is 9.69 Å². The normalized spacial score (nSPS) is 45.8. The Balaban J connectivity index is 1.46. The van der Waals surface area contributed by atoms with Gasteiger partial charge < -0.3 is 24.5 Å². The number of fused-ring (bicyclic) bond motifs is 2. The molecule has 0 radical (unpaired) electrons. The molecule has 7 nitrogen and oxygen atoms in total. The van der Waals surface area contributed by atoms with Crippen LogP contribution in [0.1, 0.15) is 59.8 Å². The predicted molar refractivity (Wildman–Crippen MR) is 135 cm³/mol. The van der Waals surface area contributed by atoms with Gasteiger partial charge in [0.1, 0.15) is 17.8 Å². The van der Waals surface area contributed by atoms with Gasteiger partial charge in [-0.2, -0.15) is 13.2 Å². The summed E-state index contributed by atoms with van der Waals surface area (Å²) in [4.78, 5) is 28.2. The van der Waals surface area contributed by atoms with Crippen LogP contribution in [0, 0.1) is 45.8 Å². The minimum atomic E-state index is -4.30. The fourth-order valence-electron chi connectivity index (χ4n) is 9.63. The Labute approximate surface area is 228 Å². The van der Waals surface area contributed by atoms with Crippen LogP contribution in [0.4, 0.5) is 13.2 Å². The highest BCUT2D eigenvalue weighted by molar-refractivity contribution is 5.90. The number of aliphatic hydroxyl groups excluding tert-OH is 1. The molecule has 10 heteroatoms. The lowest BCUT2D eigenvalue weighted by molar-refractivity contribution is -0.235. The molecule has 10 atom stereocenters. The van der Waals surface area contributed by atoms with E-state index in [1.807, 2.05) is 13.8 Å². The van der Waals surface area contributed by atoms with Crippen molar-refractivity contribution in [2.45, 2.75) is 84.5 Å². The first kappa shape index (κ1) is 29.0. The van der Waals surface area contributed by atoms with E-state index in [0.717, 1.165) is 24.7 Å². The topological polar surface area (TPSA) is 96.3 Å². The first-order valence-electron chi connectivity index (χ1n) is 14.4. The smallest absolute Gasteiger partial charge is 0.390 e. The van der Waals surface area contributed by atoms with Crippen molar-refractivity contribution in [2.75, 3.05) is 26.2 Å². The van der Waals surface area contributed by atoms with Gasteiger partial charge in [-0.1, -0.05) is 38.8 Å². The van der Waals surface area contributed by atoms with Crippen LogP contribution in [-0.2, 0) is 19.1 Å². The molecule has 1 aliphatic heterocycles. The summed E-state index contributed by atoms with van der Waals surface area (Å²) in [5, 5.41) is 22.0. The second-order valence-electron chi connectivity index (χ2n) is 13.3. The number of alkyl halides is 3. The van der Waals surface area contributed by atoms with Crippen molar-refractivity contribution in [2.24, 2.45) is 45.8 Å². The zero-order valence-electron chi connectivity index (χ0n) is 23.2. The number of ether oxygens (including phenoxy) is 2. The lowest BCUT2D eigenvalue weighted by Crippen LogP contribution is -2.63. The van der Waals surface area contributed by atoms with E-state index < -0.39 is 53.3 Å². The van der Waals surface area contributed by atoms with Crippen LogP contribution in [0.3, 0.4) is 0 Å². The van der Waals surface area contributed by atoms with Crippen molar-refractivity contribution in [1.82, 2.24) is 4.90 Å². The second-order valence-corrected chi connectivity index (χ2v) is 13.3. The van der Waals surface area contributed by atoms with Crippen LogP contribution >= 0.6 is 0 Å². The van der Waals surface area contributed by atoms with Crippen molar-refractivity contribution in [1.29, 1.82) is 0 Å². The van der Waals surface area contributed by atoms with E-state index in [1.165, 1.54) is 4.90 Å². The predicted octanol–water partition coefficient (Wildman–Crippen LogP) is 4.29. The van der Waals surface area contributed by atoms with Gasteiger partial charge in [0.2, 0.25) is 0 Å². The Bertz CT molecular complexity index is 1020. The van der Waals surface area contributed by atoms with E-state index in [9.17, 15) is 33.0 Å². The fraction of sp³-hybridized carbons (Fsp3) is 0.862. The van der Waals surface area contributed by atoms with E-state index in [2.05, 4.69) is 13.0 Å². The van der Waals surface area contributed by atoms with Crippen LogP contribution in [0.25, 0.3) is 0 Å². The van der Waals surface area contributed by atoms with E-state index in [0.29, 0.717) is 18.8 Å². The third kappa shape index (κ3) is 4.14. The summed E-state index contributed by atoms with van der Waals surface area (Å²) in [5.74, 6) is -0.636. The van der Waals surface area contributed by atoms with E-state index in [-0.39, 0.29) is 49.9 Å². The summed E-state index contributed by atoms with van der Waals surface area (Å²) in [5.41, 5.74) is -2.48. The molecular formula is C29H42F3NO6. The van der Waals surface area contributed by atoms with E-state index in [1.54, 1.807) is 6.92 Å². The summed E-state index contributed by atoms with van der Waals surface area (Å²) in [6.07, 6.45) is -2.15. The van der Waals surface area contributed by atoms with Crippen LogP contribution in [0.15, 0.2) is 11.6 Å². The van der Waals surface area contributed by atoms with Crippen molar-refractivity contribution in [3.63, 3.8) is 0 Å². The number of halogens is 3. The van der Waals surface area contributed by atoms with Crippen molar-refractivity contribution in [3.05, 3.63) is 11.6 Å². The molecule has 0 amide bonds. The molecule has 5 aliphatic rings. The molecule has 4 bridgehead atoms. The van der Waals surface area contributed by atoms with Gasteiger partial charge in [0.05, 0.1) is 24.5 Å². The van der Waals surface area contributed by atoms with Gasteiger partial charge >= 0.3 is 12.1 Å². The Hall–Kier alpha value is -1.49. The van der Waals surface area contributed by atoms with Gasteiger partial charge in [0, 0.05) is 25.0 Å². The molecule has 0 unspecified atom stereocenters. The minimum absolute atomic E-state index is 0.000779. The lowest BCUT2D eigenvalue weighted by Gasteiger charge is -2.58. The number of hydrogen-bond donors (Lipinski definition) is 2. The first-order chi connectivity index (χ1) is 18.2. The van der Waals surface area contributed by atoms with Gasteiger partial charge in [-0.15, -0.1) is 0 Å². The Morgan fingerprint density at radius 2 is 1.97 bits per heavy atom. The molecular weight excluding hydrogens is 515 g/mol. The number of carboxylic acid groups (broad SMARTS) is 1. The zero-order valence-corrected chi connectivity index (χ0v) is 23.2. The number of β-amino-alcohol motifs (C(OH)–C–C–N with tert-alkyl or cyclic N) is 1. The van der Waals surface area contributed by atoms with Gasteiger partial charge in [0.15, 0.2) is 6.29 Å². The molecule has 220 valence electrons. The second kappa shape index (κ2) is 9.81. The minimum Gasteiger partial charge on any atom is -0.481 e. The molecule has 0 spiro atoms. The summed E-state index contributed by atoms with van der Waals surface area (Å²) >= 11 is 0. The van der Waals surface area contributed by atoms with Crippen LogP contribution in [0.2, 0.25) is 0 Å². The van der Waals surface area contributed by atoms with Crippen LogP contribution < -0.4 is 0 Å². The number of allylic oxidation sites excluding steroid dienone is 1. The third-order valence-electron chi connectivity index (χ3n) is 11.0. The highest BCUT2D eigenvalue weighted by Gasteiger charge is 2.84. The molecule has 5 rings (SSSR count). The lowest BCUT2D eigenvalue weighted by atomic mass is 9.43. The van der Waals surface area contributed by atoms with E-state index >= 15 is 0 Å². The molecule has 0 aromatic rings. The number of carbonyl (C=O) groups is 2. The molecule has 1 saturated heterocycles. The summed E-state index contributed by atoms with van der Waals surface area (Å²) < 4.78 is 50.8. The Morgan fingerprint density at radius 1 is 1.26 bits per heavy atom. The highest BCUT2D eigenvalue weighted by atomic mass is 19.4. The van der Waals surface area contributed by atoms with Crippen molar-refractivity contribution in [3.8, 4) is 0 Å². The molecule has 0 aromatic heterocycles. The van der Waals surface area contributed by atoms with Crippen LogP contribution in [0.5, 0.6) is 0 Å². The number of aliphatic hydroxyl groups is 1. The number of carbonyl (C=O) groups excluding carboxylic acids is 1. The number of rotatable bonds is 8. The number of carboxylic acids is 1. The Morgan fingerprint density at radius 3 is 2.59 bits per heavy atom. The summed E-state index contributed by atoms with van der Waals surface area (Å²) in [7, 11) is 0. The van der Waals surface area contributed by atoms with Gasteiger partial charge in [-0.25, -0.2) is 0 Å². The molecule has 3 saturated carbocycles. The standard InChI is InChI=1S/C29H42F3NO6/c1-16(2)22-9-19-10-26(14-34)21-6-5-17(3)20(21)11-27(19,29(22,26)25(36)37)15-38-24-23(35)13-33(12-18(4)39-24)8-7-28(30,31)32/h9,14,16-21,23-24,35H,5-8,10-13,15H2,1-4H3,(H,36,37)/t17-,18-,19+,20-,21-,23+,24-,26+,27+,29+/m1/s1. The fourth-order valence-corrected chi connectivity index (χ4v) is 9.63. The molecule has 2 N–H and O–H groups in total. The number of nitrogens with zero attached hydrogens (tertiary/aromatic N) is 1. The number of aldehydes is 1. The van der Waals surface area contributed by atoms with E-state index in [4.69, 9.17) is 9.47 Å². The highest BCUT2D eigenvalue weighted by Crippen LogP contribution is 2.82. The maximum absolute atomic E-state index is 13.5. The average molecular weight is 558 g/mol. The molecule has 4 fully saturated rings. The summed E-state index contributed by atoms with van der Waals surface area (Å²) in [6, 6.07) is 0. The number of hydrogen-bond acceptors (Lipinski definition) is 6. The summed E-state index contributed by atoms with van der Waals surface area (Å²) in [6.45, 7) is 7.79. The molecule has 39 heavy (non-hydrogen) atoms. The van der Waals surface area contributed by atoms with Crippen molar-refractivity contribution >= 4 is 12.3 Å². The van der Waals surface area contributed by atoms with Gasteiger partial charge in [-0.05, 0) is 55.8 Å². The maximum atomic E-state index is 13.5. The monoisotopic (exact) mass is 557 g/mol. The van der Waals surface area contributed by atoms with Gasteiger partial charge in [0.25, 0.3) is 0 Å². The van der Waals surface area contributed by atoms with Crippen LogP contribution in [-0.4, -0.2) is 78.3 Å². The quantitative estimate of drug-likeness (QED) is 0.340. The molecule has 4 aliphatic carbocycles. The third-order valence-corrected chi connectivity index (χ3v) is 11.0. The number of aliphatic carboxylic acids is 1. The SMILES string of the molecule is CC(C)C1=C[C@H]2C[C@]3(C=O)[C@@H]4CC[C@@H](C)[C@H]4C[C@@]2(CO[C@@H]2O[C@H](C)CN(CCC(F)(F)F)C[C@@H]2O)[C@]13C(=O)O. The largest absolute Gasteiger partial charge is 0.481 e. The first-order valence-corrected chi connectivity index (χ1v) is 14.4. The zero-order chi connectivity index (χ0) is 28.5. The molecule has 0 aromatic carbocycles. The Kier molecular flexibility index (Phi) is 7.30. The average Bonchev–Trinajstić information content (AvgIpc) is 3.37. The van der Waals surface area contributed by atoms with Crippen molar-refractivity contribution < 1.29 is 42.4 Å². The maximum Gasteiger partial charge on any atom is 0.390 e.